The molecule has 2 atom stereocenters. The van der Waals surface area contributed by atoms with Gasteiger partial charge >= 0.3 is 6.03 Å². The van der Waals surface area contributed by atoms with E-state index in [0.717, 1.165) is 22.8 Å². The number of urea groups is 1. The molecule has 22 heavy (non-hydrogen) atoms. The van der Waals surface area contributed by atoms with Crippen LogP contribution in [0.2, 0.25) is 0 Å². The van der Waals surface area contributed by atoms with Crippen LogP contribution >= 0.6 is 0 Å². The van der Waals surface area contributed by atoms with E-state index in [1.807, 2.05) is 45.2 Å². The van der Waals surface area contributed by atoms with E-state index in [0.29, 0.717) is 19.7 Å². The largest absolute Gasteiger partial charge is 0.494 e. The summed E-state index contributed by atoms with van der Waals surface area (Å²) >= 11 is 0. The Morgan fingerprint density at radius 1 is 1.41 bits per heavy atom. The first-order valence-electron chi connectivity index (χ1n) is 7.66. The molecule has 0 aliphatic carbocycles. The maximum Gasteiger partial charge on any atom is 0.324 e. The summed E-state index contributed by atoms with van der Waals surface area (Å²) in [5, 5.41) is 2.66. The van der Waals surface area contributed by atoms with E-state index < -0.39 is 0 Å². The number of likely N-dealkylation sites (N-methyl/N-ethyl adjacent to an activating group) is 1. The second-order valence-electron chi connectivity index (χ2n) is 5.54. The van der Waals surface area contributed by atoms with Crippen LogP contribution in [-0.2, 0) is 11.3 Å². The fourth-order valence-electron chi connectivity index (χ4n) is 2.47. The van der Waals surface area contributed by atoms with Crippen LogP contribution < -0.4 is 15.0 Å². The van der Waals surface area contributed by atoms with Gasteiger partial charge in [-0.05, 0) is 38.1 Å². The minimum atomic E-state index is -0.286. The zero-order valence-electron chi connectivity index (χ0n) is 13.4. The van der Waals surface area contributed by atoms with Gasteiger partial charge in [-0.3, -0.25) is 9.69 Å². The molecule has 0 aromatic heterocycles. The van der Waals surface area contributed by atoms with Crippen molar-refractivity contribution in [3.8, 4) is 5.75 Å². The van der Waals surface area contributed by atoms with E-state index in [2.05, 4.69) is 5.32 Å². The maximum absolute atomic E-state index is 12.4. The summed E-state index contributed by atoms with van der Waals surface area (Å²) in [6.07, 6.45) is 0. The highest BCUT2D eigenvalue weighted by molar-refractivity contribution is 5.97. The monoisotopic (exact) mass is 306 g/mol. The molecule has 1 saturated heterocycles. The highest BCUT2D eigenvalue weighted by Crippen LogP contribution is 2.11. The average molecular weight is 306 g/mol. The molecule has 3 amide bonds. The van der Waals surface area contributed by atoms with Crippen molar-refractivity contribution in [3.05, 3.63) is 29.8 Å². The van der Waals surface area contributed by atoms with Crippen molar-refractivity contribution in [2.24, 2.45) is 0 Å². The van der Waals surface area contributed by atoms with Gasteiger partial charge in [0, 0.05) is 18.7 Å². The van der Waals surface area contributed by atoms with Gasteiger partial charge in [0.1, 0.15) is 12.3 Å². The van der Waals surface area contributed by atoms with Gasteiger partial charge in [0.25, 0.3) is 5.91 Å². The molecular weight excluding hydrogens is 282 g/mol. The Balaban J connectivity index is 1.94. The molecule has 6 nitrogen and oxygen atoms in total. The quantitative estimate of drug-likeness (QED) is 0.780. The van der Waals surface area contributed by atoms with E-state index in [4.69, 9.17) is 4.74 Å². The van der Waals surface area contributed by atoms with Crippen molar-refractivity contribution in [2.45, 2.75) is 26.4 Å². The Kier molecular flexibility index (Phi) is 5.38. The molecule has 0 saturated carbocycles. The number of carbonyl (C=O) groups excluding carboxylic acids is 2. The third-order valence-electron chi connectivity index (χ3n) is 3.95. The highest BCUT2D eigenvalue weighted by Gasteiger charge is 2.33. The summed E-state index contributed by atoms with van der Waals surface area (Å²) in [5.74, 6) is 0.722. The molecular formula is C16H24N3O3+. The molecule has 1 heterocycles. The van der Waals surface area contributed by atoms with E-state index in [9.17, 15) is 9.59 Å². The first kappa shape index (κ1) is 16.3. The number of benzene rings is 1. The molecule has 2 rings (SSSR count). The van der Waals surface area contributed by atoms with E-state index in [1.165, 1.54) is 4.90 Å². The molecule has 0 radical (unpaired) electrons. The van der Waals surface area contributed by atoms with Crippen molar-refractivity contribution in [1.29, 1.82) is 0 Å². The number of ether oxygens (including phenoxy) is 1. The molecule has 1 aliphatic rings. The standard InChI is InChI=1S/C16H23N3O3/c1-4-22-14-7-5-13(6-8-14)11-18(3)12(2)15(20)19-10-9-17-16(19)21/h5-8,12H,4,9-11H2,1-3H3,(H,17,21)/p+1/t12-/m1/s1. The van der Waals surface area contributed by atoms with Gasteiger partial charge in [-0.1, -0.05) is 0 Å². The Morgan fingerprint density at radius 2 is 2.09 bits per heavy atom. The van der Waals surface area contributed by atoms with Crippen LogP contribution in [0.25, 0.3) is 0 Å². The van der Waals surface area contributed by atoms with Gasteiger partial charge in [0.05, 0.1) is 13.7 Å². The second kappa shape index (κ2) is 7.26. The Bertz CT molecular complexity index is 530. The lowest BCUT2D eigenvalue weighted by Crippen LogP contribution is -3.12. The normalized spacial score (nSPS) is 17.0. The van der Waals surface area contributed by atoms with Gasteiger partial charge in [0.15, 0.2) is 6.04 Å². The lowest BCUT2D eigenvalue weighted by Gasteiger charge is -2.24. The molecule has 1 aromatic rings. The van der Waals surface area contributed by atoms with Gasteiger partial charge in [-0.15, -0.1) is 0 Å². The number of rotatable bonds is 6. The molecule has 1 fully saturated rings. The van der Waals surface area contributed by atoms with Crippen LogP contribution in [0, 0.1) is 0 Å². The number of hydrogen-bond donors (Lipinski definition) is 2. The number of nitrogens with one attached hydrogen (secondary N) is 2. The van der Waals surface area contributed by atoms with Gasteiger partial charge in [-0.25, -0.2) is 4.79 Å². The number of amides is 3. The summed E-state index contributed by atoms with van der Waals surface area (Å²) in [6, 6.07) is 7.34. The average Bonchev–Trinajstić information content (AvgIpc) is 2.94. The van der Waals surface area contributed by atoms with Crippen molar-refractivity contribution < 1.29 is 19.2 Å². The SMILES string of the molecule is CCOc1ccc(C[NH+](C)[C@H](C)C(=O)N2CCNC2=O)cc1. The predicted molar refractivity (Wildman–Crippen MR) is 82.8 cm³/mol. The summed E-state index contributed by atoms with van der Waals surface area (Å²) in [6.45, 7) is 6.17. The van der Waals surface area contributed by atoms with Crippen molar-refractivity contribution in [2.75, 3.05) is 26.7 Å². The van der Waals surface area contributed by atoms with Crippen LogP contribution in [0.1, 0.15) is 19.4 Å². The van der Waals surface area contributed by atoms with E-state index in [1.54, 1.807) is 0 Å². The molecule has 1 unspecified atom stereocenters. The lowest BCUT2D eigenvalue weighted by atomic mass is 10.1. The Hall–Kier alpha value is -2.08. The van der Waals surface area contributed by atoms with Gasteiger partial charge in [-0.2, -0.15) is 0 Å². The lowest BCUT2D eigenvalue weighted by molar-refractivity contribution is -0.908. The van der Waals surface area contributed by atoms with E-state index >= 15 is 0 Å². The van der Waals surface area contributed by atoms with Crippen LogP contribution in [0.5, 0.6) is 5.75 Å². The smallest absolute Gasteiger partial charge is 0.324 e. The molecule has 1 aromatic carbocycles. The van der Waals surface area contributed by atoms with Crippen molar-refractivity contribution in [1.82, 2.24) is 10.2 Å². The topological polar surface area (TPSA) is 63.1 Å². The number of hydrogen-bond acceptors (Lipinski definition) is 3. The third kappa shape index (κ3) is 3.76. The first-order chi connectivity index (χ1) is 10.5. The van der Waals surface area contributed by atoms with E-state index in [-0.39, 0.29) is 18.0 Å². The predicted octanol–water partition coefficient (Wildman–Crippen LogP) is 0.0403. The van der Waals surface area contributed by atoms with Crippen LogP contribution in [0.4, 0.5) is 4.79 Å². The van der Waals surface area contributed by atoms with Crippen LogP contribution in [0.3, 0.4) is 0 Å². The Morgan fingerprint density at radius 3 is 2.64 bits per heavy atom. The number of imide groups is 1. The number of carbonyl (C=O) groups is 2. The molecule has 1 aliphatic heterocycles. The summed E-state index contributed by atoms with van der Waals surface area (Å²) in [7, 11) is 1.97. The molecule has 120 valence electrons. The van der Waals surface area contributed by atoms with Crippen molar-refractivity contribution in [3.63, 3.8) is 0 Å². The fraction of sp³-hybridized carbons (Fsp3) is 0.500. The molecule has 6 heteroatoms. The fourth-order valence-corrected chi connectivity index (χ4v) is 2.47. The van der Waals surface area contributed by atoms with Crippen LogP contribution in [0.15, 0.2) is 24.3 Å². The first-order valence-corrected chi connectivity index (χ1v) is 7.66. The zero-order valence-corrected chi connectivity index (χ0v) is 13.4. The van der Waals surface area contributed by atoms with Crippen LogP contribution in [-0.4, -0.2) is 49.6 Å². The molecule has 0 bridgehead atoms. The molecule has 0 spiro atoms. The number of nitrogens with zero attached hydrogens (tertiary/aromatic N) is 1. The third-order valence-corrected chi connectivity index (χ3v) is 3.95. The minimum Gasteiger partial charge on any atom is -0.494 e. The Labute approximate surface area is 131 Å². The minimum absolute atomic E-state index is 0.126. The highest BCUT2D eigenvalue weighted by atomic mass is 16.5. The van der Waals surface area contributed by atoms with Gasteiger partial charge < -0.3 is 15.0 Å². The summed E-state index contributed by atoms with van der Waals surface area (Å²) in [5.41, 5.74) is 1.13. The summed E-state index contributed by atoms with van der Waals surface area (Å²) in [4.78, 5) is 26.3. The zero-order chi connectivity index (χ0) is 16.1. The number of quaternary nitrogens is 1. The maximum atomic E-state index is 12.4. The van der Waals surface area contributed by atoms with Crippen molar-refractivity contribution >= 4 is 11.9 Å². The molecule has 2 N–H and O–H groups in total. The summed E-state index contributed by atoms with van der Waals surface area (Å²) < 4.78 is 5.42. The van der Waals surface area contributed by atoms with Gasteiger partial charge in [0.2, 0.25) is 0 Å². The second-order valence-corrected chi connectivity index (χ2v) is 5.54.